The Hall–Kier alpha value is -7.40. The molecule has 4 aliphatic rings. The van der Waals surface area contributed by atoms with E-state index >= 15 is 0 Å². The molecule has 1 saturated carbocycles. The van der Waals surface area contributed by atoms with E-state index in [1.165, 1.54) is 9.80 Å². The number of para-hydroxylation sites is 1. The third kappa shape index (κ3) is 7.22. The number of hydrogen-bond acceptors (Lipinski definition) is 9. The Labute approximate surface area is 365 Å². The van der Waals surface area contributed by atoms with Crippen molar-refractivity contribution in [2.75, 3.05) is 38.2 Å². The number of imide groups is 2. The second-order valence-corrected chi connectivity index (χ2v) is 16.2. The monoisotopic (exact) mass is 842 g/mol. The van der Waals surface area contributed by atoms with Crippen molar-refractivity contribution in [2.45, 2.75) is 18.8 Å². The molecule has 1 N–H and O–H groups in total. The van der Waals surface area contributed by atoms with E-state index in [0.29, 0.717) is 46.4 Å². The van der Waals surface area contributed by atoms with Crippen LogP contribution in [0.5, 0.6) is 28.7 Å². The molecule has 2 heterocycles. The molecule has 4 amide bonds. The summed E-state index contributed by atoms with van der Waals surface area (Å²) in [4.78, 5) is 60.6. The van der Waals surface area contributed by atoms with Crippen LogP contribution in [0.4, 0.5) is 11.4 Å². The molecule has 9 rings (SSSR count). The normalized spacial score (nSPS) is 22.9. The Morgan fingerprint density at radius 2 is 1.05 bits per heavy atom. The highest BCUT2D eigenvalue weighted by Crippen LogP contribution is 2.59. The van der Waals surface area contributed by atoms with Gasteiger partial charge in [-0.2, -0.15) is 0 Å². The van der Waals surface area contributed by atoms with Gasteiger partial charge in [-0.25, -0.2) is 0 Å². The smallest absolute Gasteiger partial charge is 0.238 e. The summed E-state index contributed by atoms with van der Waals surface area (Å²) in [6, 6.07) is 32.3. The fourth-order valence-corrected chi connectivity index (χ4v) is 9.98. The number of rotatable bonds is 11. The molecule has 0 unspecified atom stereocenters. The van der Waals surface area contributed by atoms with E-state index in [0.717, 1.165) is 27.8 Å². The third-order valence-electron chi connectivity index (χ3n) is 13.0. The quantitative estimate of drug-likeness (QED) is 0.0788. The van der Waals surface area contributed by atoms with Crippen molar-refractivity contribution in [3.8, 4) is 28.7 Å². The highest BCUT2D eigenvalue weighted by atomic mass is 16.5. The van der Waals surface area contributed by atoms with E-state index in [4.69, 9.17) is 18.9 Å². The number of phenolic OH excluding ortho intramolecular Hbond substituents is 1. The van der Waals surface area contributed by atoms with Crippen molar-refractivity contribution < 1.29 is 43.2 Å². The fraction of sp³-hybridized carbons (Fsp3) is 0.231. The van der Waals surface area contributed by atoms with Gasteiger partial charge < -0.3 is 24.1 Å². The van der Waals surface area contributed by atoms with Crippen LogP contribution in [-0.4, -0.2) is 57.2 Å². The topological polar surface area (TPSA) is 132 Å². The number of carbonyl (C=O) groups excluding carboxylic acids is 4. The summed E-state index contributed by atoms with van der Waals surface area (Å²) in [6.07, 6.45) is 10.1. The lowest BCUT2D eigenvalue weighted by Gasteiger charge is -2.44. The van der Waals surface area contributed by atoms with Crippen LogP contribution in [0.15, 0.2) is 121 Å². The minimum atomic E-state index is -0.814. The summed E-state index contributed by atoms with van der Waals surface area (Å²) in [6.45, 7) is 0. The van der Waals surface area contributed by atoms with Gasteiger partial charge in [0.1, 0.15) is 28.7 Å². The molecule has 0 radical (unpaired) electrons. The molecule has 5 aromatic rings. The number of phenols is 1. The second kappa shape index (κ2) is 16.8. The van der Waals surface area contributed by atoms with Gasteiger partial charge in [0.2, 0.25) is 23.6 Å². The number of methoxy groups -OCH3 is 4. The molecule has 6 atom stereocenters. The third-order valence-corrected chi connectivity index (χ3v) is 13.0. The first-order valence-corrected chi connectivity index (χ1v) is 20.9. The van der Waals surface area contributed by atoms with Gasteiger partial charge in [-0.3, -0.25) is 29.0 Å². The summed E-state index contributed by atoms with van der Waals surface area (Å²) in [5.41, 5.74) is 5.55. The number of anilines is 2. The van der Waals surface area contributed by atoms with Gasteiger partial charge in [-0.05, 0) is 96.6 Å². The number of fused-ring (bicyclic) bond motifs is 4. The molecule has 0 bridgehead atoms. The molecule has 11 heteroatoms. The molecule has 3 fully saturated rings. The lowest BCUT2D eigenvalue weighted by atomic mass is 9.57. The lowest BCUT2D eigenvalue weighted by Crippen LogP contribution is -2.43. The van der Waals surface area contributed by atoms with Gasteiger partial charge in [-0.15, -0.1) is 0 Å². The van der Waals surface area contributed by atoms with Crippen LogP contribution in [-0.2, 0) is 19.2 Å². The zero-order chi connectivity index (χ0) is 43.9. The van der Waals surface area contributed by atoms with Gasteiger partial charge in [0.15, 0.2) is 0 Å². The van der Waals surface area contributed by atoms with Crippen molar-refractivity contribution >= 4 is 59.3 Å². The zero-order valence-corrected chi connectivity index (χ0v) is 35.3. The predicted molar refractivity (Wildman–Crippen MR) is 240 cm³/mol. The average molecular weight is 843 g/mol. The molecule has 2 aliphatic carbocycles. The molecule has 0 aromatic heterocycles. The van der Waals surface area contributed by atoms with Crippen LogP contribution in [0.1, 0.15) is 46.6 Å². The maximum Gasteiger partial charge on any atom is 0.238 e. The number of aromatic hydroxyl groups is 1. The first-order chi connectivity index (χ1) is 30.6. The Kier molecular flexibility index (Phi) is 10.9. The van der Waals surface area contributed by atoms with Crippen LogP contribution < -0.4 is 28.7 Å². The number of benzene rings is 5. The van der Waals surface area contributed by atoms with Crippen LogP contribution in [0.25, 0.3) is 24.3 Å². The standard InChI is InChI=1S/C52H46N2O9/c1-60-36-21-25-44(62-3)32(27-36)15-9-30-11-17-34(18-12-30)53-49(56)40-24-23-38-41(47(40)51(53)58)29-42-48(46(38)39-7-5-6-8-43(39)55)52(59)54(50(42)57)35-19-13-31(14-20-35)10-16-33-28-37(61-2)22-26-45(33)63-4/h5-23,25-28,40-42,46-48,55H,24,29H2,1-4H3/t40-,41+,42+,46+,47-,48+/m0/s1. The highest BCUT2D eigenvalue weighted by Gasteiger charge is 2.62. The van der Waals surface area contributed by atoms with Gasteiger partial charge in [-0.1, -0.05) is 78.4 Å². The minimum absolute atomic E-state index is 0.00173. The molecular formula is C52H46N2O9. The Morgan fingerprint density at radius 3 is 1.56 bits per heavy atom. The van der Waals surface area contributed by atoms with E-state index in [1.807, 2.05) is 91.0 Å². The van der Waals surface area contributed by atoms with Gasteiger partial charge in [0, 0.05) is 22.6 Å². The van der Waals surface area contributed by atoms with Crippen molar-refractivity contribution in [1.29, 1.82) is 0 Å². The van der Waals surface area contributed by atoms with Gasteiger partial charge in [0.05, 0.1) is 63.5 Å². The van der Waals surface area contributed by atoms with Gasteiger partial charge >= 0.3 is 0 Å². The van der Waals surface area contributed by atoms with Crippen molar-refractivity contribution in [1.82, 2.24) is 0 Å². The molecule has 63 heavy (non-hydrogen) atoms. The van der Waals surface area contributed by atoms with E-state index in [1.54, 1.807) is 77.0 Å². The number of carbonyl (C=O) groups is 4. The van der Waals surface area contributed by atoms with E-state index in [-0.39, 0.29) is 35.8 Å². The summed E-state index contributed by atoms with van der Waals surface area (Å²) in [5, 5.41) is 11.3. The maximum atomic E-state index is 14.7. The van der Waals surface area contributed by atoms with Crippen LogP contribution in [0.3, 0.4) is 0 Å². The van der Waals surface area contributed by atoms with Crippen molar-refractivity contribution in [3.05, 3.63) is 149 Å². The lowest BCUT2D eigenvalue weighted by molar-refractivity contribution is -0.126. The largest absolute Gasteiger partial charge is 0.508 e. The van der Waals surface area contributed by atoms with Crippen LogP contribution in [0, 0.1) is 29.6 Å². The zero-order valence-electron chi connectivity index (χ0n) is 35.3. The van der Waals surface area contributed by atoms with Crippen molar-refractivity contribution in [2.24, 2.45) is 29.6 Å². The number of allylic oxidation sites excluding steroid dienone is 2. The number of hydrogen-bond donors (Lipinski definition) is 1. The molecule has 5 aromatic carbocycles. The Bertz CT molecular complexity index is 2720. The van der Waals surface area contributed by atoms with E-state index in [2.05, 4.69) is 0 Å². The molecule has 0 spiro atoms. The second-order valence-electron chi connectivity index (χ2n) is 16.2. The Balaban J connectivity index is 0.992. The summed E-state index contributed by atoms with van der Waals surface area (Å²) >= 11 is 0. The van der Waals surface area contributed by atoms with Crippen LogP contribution in [0.2, 0.25) is 0 Å². The first kappa shape index (κ1) is 41.0. The average Bonchev–Trinajstić information content (AvgIpc) is 3.72. The summed E-state index contributed by atoms with van der Waals surface area (Å²) in [7, 11) is 6.41. The fourth-order valence-electron chi connectivity index (χ4n) is 9.98. The van der Waals surface area contributed by atoms with E-state index < -0.39 is 35.5 Å². The maximum absolute atomic E-state index is 14.7. The molecule has 318 valence electrons. The number of ether oxygens (including phenoxy) is 4. The SMILES string of the molecule is COc1ccc(OC)c(C=Cc2ccc(N3C(=O)[C@H]4[C@H](CC=C5[C@H]4C[C@H]4C(=O)N(c6ccc(C=Cc7cc(OC)ccc7OC)cc6)C(=O)[C@H]4[C@H]5c4ccccc4O)C3=O)cc2)c1. The summed E-state index contributed by atoms with van der Waals surface area (Å²) in [5.74, 6) is -2.74. The van der Waals surface area contributed by atoms with Gasteiger partial charge in [0.25, 0.3) is 0 Å². The molecule has 11 nitrogen and oxygen atoms in total. The predicted octanol–water partition coefficient (Wildman–Crippen LogP) is 8.81. The number of amides is 4. The van der Waals surface area contributed by atoms with Crippen molar-refractivity contribution in [3.63, 3.8) is 0 Å². The van der Waals surface area contributed by atoms with E-state index in [9.17, 15) is 24.3 Å². The Morgan fingerprint density at radius 1 is 0.540 bits per heavy atom. The van der Waals surface area contributed by atoms with Crippen LogP contribution >= 0.6 is 0 Å². The number of nitrogens with zero attached hydrogens (tertiary/aromatic N) is 2. The molecule has 2 aliphatic heterocycles. The molecule has 2 saturated heterocycles. The molecular weight excluding hydrogens is 797 g/mol. The minimum Gasteiger partial charge on any atom is -0.508 e. The summed E-state index contributed by atoms with van der Waals surface area (Å²) < 4.78 is 21.8. The first-order valence-electron chi connectivity index (χ1n) is 20.9. The highest BCUT2D eigenvalue weighted by molar-refractivity contribution is 6.24.